The average Bonchev–Trinajstić information content (AvgIpc) is 3.56. The number of amides is 1. The lowest BCUT2D eigenvalue weighted by atomic mass is 10.2. The van der Waals surface area contributed by atoms with Crippen LogP contribution in [0.2, 0.25) is 0 Å². The molecule has 5 aromatic rings. The molecule has 0 atom stereocenters. The molecule has 1 amide bonds. The van der Waals surface area contributed by atoms with Crippen LogP contribution in [0.5, 0.6) is 0 Å². The number of nitrogens with zero attached hydrogens (tertiary/aromatic N) is 3. The van der Waals surface area contributed by atoms with E-state index in [-0.39, 0.29) is 12.3 Å². The maximum absolute atomic E-state index is 12.2. The Morgan fingerprint density at radius 2 is 1.81 bits per heavy atom. The predicted octanol–water partition coefficient (Wildman–Crippen LogP) is 4.86. The molecule has 0 fully saturated rings. The number of aryl methyl sites for hydroxylation is 1. The number of carbonyl (C=O) groups excluding carboxylic acids is 1. The molecule has 0 bridgehead atoms. The standard InChI is InChI=1S/C23H18N4O3S/c28-20(12-13-21-26-22(27-30-21)15-6-2-1-3-7-15)24-14-16-10-11-18(29-16)23-25-17-8-4-5-9-19(17)31-23/h1-11H,12-14H2,(H,24,28). The molecule has 0 saturated heterocycles. The summed E-state index contributed by atoms with van der Waals surface area (Å²) >= 11 is 1.58. The zero-order valence-electron chi connectivity index (χ0n) is 16.4. The summed E-state index contributed by atoms with van der Waals surface area (Å²) in [4.78, 5) is 21.1. The number of nitrogens with one attached hydrogen (secondary N) is 1. The topological polar surface area (TPSA) is 94.0 Å². The second-order valence-electron chi connectivity index (χ2n) is 6.91. The van der Waals surface area contributed by atoms with Crippen molar-refractivity contribution < 1.29 is 13.7 Å². The molecule has 0 spiro atoms. The molecule has 31 heavy (non-hydrogen) atoms. The van der Waals surface area contributed by atoms with Gasteiger partial charge in [0.15, 0.2) is 10.8 Å². The van der Waals surface area contributed by atoms with E-state index in [4.69, 9.17) is 8.94 Å². The van der Waals surface area contributed by atoms with Crippen LogP contribution < -0.4 is 5.32 Å². The number of para-hydroxylation sites is 1. The largest absolute Gasteiger partial charge is 0.457 e. The van der Waals surface area contributed by atoms with Gasteiger partial charge in [0.2, 0.25) is 17.6 Å². The van der Waals surface area contributed by atoms with Crippen LogP contribution in [0.15, 0.2) is 75.7 Å². The molecule has 0 saturated carbocycles. The molecule has 7 nitrogen and oxygen atoms in total. The zero-order chi connectivity index (χ0) is 21.0. The molecule has 0 aliphatic heterocycles. The number of hydrogen-bond acceptors (Lipinski definition) is 7. The Morgan fingerprint density at radius 3 is 2.68 bits per heavy atom. The third-order valence-corrected chi connectivity index (χ3v) is 5.74. The molecule has 1 N–H and O–H groups in total. The van der Waals surface area contributed by atoms with Crippen molar-refractivity contribution in [2.45, 2.75) is 19.4 Å². The summed E-state index contributed by atoms with van der Waals surface area (Å²) in [5.74, 6) is 2.22. The van der Waals surface area contributed by atoms with Gasteiger partial charge in [-0.15, -0.1) is 11.3 Å². The summed E-state index contributed by atoms with van der Waals surface area (Å²) in [5, 5.41) is 7.65. The molecule has 8 heteroatoms. The Morgan fingerprint density at radius 1 is 0.968 bits per heavy atom. The van der Waals surface area contributed by atoms with Crippen molar-refractivity contribution in [1.82, 2.24) is 20.4 Å². The van der Waals surface area contributed by atoms with Crippen molar-refractivity contribution in [2.75, 3.05) is 0 Å². The molecule has 3 aromatic heterocycles. The first kappa shape index (κ1) is 19.2. The highest BCUT2D eigenvalue weighted by molar-refractivity contribution is 7.21. The number of rotatable bonds is 7. The predicted molar refractivity (Wildman–Crippen MR) is 117 cm³/mol. The minimum absolute atomic E-state index is 0.114. The Kier molecular flexibility index (Phi) is 5.28. The second kappa shape index (κ2) is 8.53. The first-order chi connectivity index (χ1) is 15.2. The second-order valence-corrected chi connectivity index (χ2v) is 7.94. The highest BCUT2D eigenvalue weighted by Gasteiger charge is 2.13. The monoisotopic (exact) mass is 430 g/mol. The van der Waals surface area contributed by atoms with E-state index in [1.165, 1.54) is 0 Å². The Bertz CT molecular complexity index is 1290. The van der Waals surface area contributed by atoms with Gasteiger partial charge >= 0.3 is 0 Å². The smallest absolute Gasteiger partial charge is 0.227 e. The van der Waals surface area contributed by atoms with Gasteiger partial charge in [-0.3, -0.25) is 4.79 Å². The van der Waals surface area contributed by atoms with Gasteiger partial charge in [-0.1, -0.05) is 47.6 Å². The van der Waals surface area contributed by atoms with Gasteiger partial charge in [-0.2, -0.15) is 4.98 Å². The minimum atomic E-state index is -0.114. The summed E-state index contributed by atoms with van der Waals surface area (Å²) in [6, 6.07) is 21.3. The molecule has 0 aliphatic carbocycles. The van der Waals surface area contributed by atoms with E-state index in [9.17, 15) is 4.79 Å². The van der Waals surface area contributed by atoms with E-state index >= 15 is 0 Å². The lowest BCUT2D eigenvalue weighted by Crippen LogP contribution is -2.22. The number of hydrogen-bond donors (Lipinski definition) is 1. The summed E-state index contributed by atoms with van der Waals surface area (Å²) in [7, 11) is 0. The average molecular weight is 430 g/mol. The van der Waals surface area contributed by atoms with E-state index in [1.54, 1.807) is 11.3 Å². The quantitative estimate of drug-likeness (QED) is 0.396. The van der Waals surface area contributed by atoms with Crippen LogP contribution in [0.4, 0.5) is 0 Å². The van der Waals surface area contributed by atoms with Crippen LogP contribution in [0.25, 0.3) is 32.4 Å². The molecule has 0 unspecified atom stereocenters. The van der Waals surface area contributed by atoms with Gasteiger partial charge in [-0.25, -0.2) is 4.98 Å². The molecular formula is C23H18N4O3S. The minimum Gasteiger partial charge on any atom is -0.457 e. The Balaban J connectivity index is 1.14. The lowest BCUT2D eigenvalue weighted by Gasteiger charge is -2.01. The number of benzene rings is 2. The first-order valence-corrected chi connectivity index (χ1v) is 10.7. The van der Waals surface area contributed by atoms with Gasteiger partial charge in [0, 0.05) is 18.4 Å². The third-order valence-electron chi connectivity index (χ3n) is 4.69. The van der Waals surface area contributed by atoms with Crippen LogP contribution in [-0.2, 0) is 17.8 Å². The number of fused-ring (bicyclic) bond motifs is 1. The summed E-state index contributed by atoms with van der Waals surface area (Å²) in [6.07, 6.45) is 0.628. The normalized spacial score (nSPS) is 11.1. The molecule has 5 rings (SSSR count). The van der Waals surface area contributed by atoms with E-state index in [1.807, 2.05) is 66.7 Å². The van der Waals surface area contributed by atoms with Crippen LogP contribution in [0, 0.1) is 0 Å². The zero-order valence-corrected chi connectivity index (χ0v) is 17.3. The summed E-state index contributed by atoms with van der Waals surface area (Å²) in [6.45, 7) is 0.308. The van der Waals surface area contributed by atoms with E-state index in [0.29, 0.717) is 36.2 Å². The van der Waals surface area contributed by atoms with Crippen molar-refractivity contribution in [2.24, 2.45) is 0 Å². The molecule has 154 valence electrons. The van der Waals surface area contributed by atoms with Gasteiger partial charge in [0.05, 0.1) is 16.8 Å². The number of carbonyl (C=O) groups is 1. The number of thiazole rings is 1. The fraction of sp³-hybridized carbons (Fsp3) is 0.130. The van der Waals surface area contributed by atoms with Crippen molar-refractivity contribution in [3.8, 4) is 22.2 Å². The van der Waals surface area contributed by atoms with Crippen LogP contribution in [0.1, 0.15) is 18.1 Å². The van der Waals surface area contributed by atoms with Gasteiger partial charge in [-0.05, 0) is 24.3 Å². The summed E-state index contributed by atoms with van der Waals surface area (Å²) < 4.78 is 12.2. The number of aromatic nitrogens is 3. The van der Waals surface area contributed by atoms with Crippen LogP contribution in [0.3, 0.4) is 0 Å². The van der Waals surface area contributed by atoms with E-state index in [2.05, 4.69) is 20.4 Å². The Hall–Kier alpha value is -3.78. The Labute approximate surface area is 181 Å². The van der Waals surface area contributed by atoms with Crippen LogP contribution in [-0.4, -0.2) is 21.0 Å². The first-order valence-electron chi connectivity index (χ1n) is 9.84. The van der Waals surface area contributed by atoms with E-state index < -0.39 is 0 Å². The summed E-state index contributed by atoms with van der Waals surface area (Å²) in [5.41, 5.74) is 1.83. The number of furan rings is 1. The molecule has 0 aliphatic rings. The molecule has 3 heterocycles. The van der Waals surface area contributed by atoms with Crippen molar-refractivity contribution in [3.63, 3.8) is 0 Å². The maximum atomic E-state index is 12.2. The van der Waals surface area contributed by atoms with Crippen molar-refractivity contribution in [1.29, 1.82) is 0 Å². The lowest BCUT2D eigenvalue weighted by molar-refractivity contribution is -0.121. The van der Waals surface area contributed by atoms with Crippen LogP contribution >= 0.6 is 11.3 Å². The van der Waals surface area contributed by atoms with Crippen molar-refractivity contribution >= 4 is 27.5 Å². The fourth-order valence-electron chi connectivity index (χ4n) is 3.12. The maximum Gasteiger partial charge on any atom is 0.227 e. The molecule has 0 radical (unpaired) electrons. The SMILES string of the molecule is O=C(CCc1nc(-c2ccccc2)no1)NCc1ccc(-c2nc3ccccc3s2)o1. The highest BCUT2D eigenvalue weighted by Crippen LogP contribution is 2.31. The van der Waals surface area contributed by atoms with Gasteiger partial charge in [0.25, 0.3) is 0 Å². The van der Waals surface area contributed by atoms with Gasteiger partial charge in [0.1, 0.15) is 5.76 Å². The van der Waals surface area contributed by atoms with Crippen molar-refractivity contribution in [3.05, 3.63) is 78.4 Å². The molecular weight excluding hydrogens is 412 g/mol. The van der Waals surface area contributed by atoms with Gasteiger partial charge < -0.3 is 14.3 Å². The third kappa shape index (κ3) is 4.39. The molecule has 2 aromatic carbocycles. The fourth-order valence-corrected chi connectivity index (χ4v) is 4.05. The highest BCUT2D eigenvalue weighted by atomic mass is 32.1. The van der Waals surface area contributed by atoms with E-state index in [0.717, 1.165) is 20.8 Å².